The van der Waals surface area contributed by atoms with Gasteiger partial charge in [0.2, 0.25) is 0 Å². The Labute approximate surface area is 143 Å². The maximum absolute atomic E-state index is 10.7. The topological polar surface area (TPSA) is 46.2 Å². The molecule has 2 unspecified atom stereocenters. The molecule has 0 aromatic heterocycles. The highest BCUT2D eigenvalue weighted by molar-refractivity contribution is 9.10. The van der Waals surface area contributed by atoms with E-state index in [9.17, 15) is 5.11 Å². The van der Waals surface area contributed by atoms with Crippen molar-refractivity contribution in [1.82, 2.24) is 0 Å². The summed E-state index contributed by atoms with van der Waals surface area (Å²) in [6.07, 6.45) is -0.747. The molecular formula is C16H16BrCl2NO. The second-order valence-corrected chi connectivity index (χ2v) is 6.68. The number of hydrogen-bond donors (Lipinski definition) is 2. The molecule has 3 N–H and O–H groups in total. The predicted octanol–water partition coefficient (Wildman–Crippen LogP) is 4.84. The molecule has 2 nitrogen and oxygen atoms in total. The summed E-state index contributed by atoms with van der Waals surface area (Å²) in [5.41, 5.74) is 8.54. The average molecular weight is 389 g/mol. The number of halogens is 3. The van der Waals surface area contributed by atoms with Crippen LogP contribution in [-0.2, 0) is 0 Å². The van der Waals surface area contributed by atoms with Gasteiger partial charge in [-0.2, -0.15) is 0 Å². The monoisotopic (exact) mass is 387 g/mol. The number of aliphatic hydroxyl groups is 1. The van der Waals surface area contributed by atoms with E-state index >= 15 is 0 Å². The fraction of sp³-hybridized carbons (Fsp3) is 0.250. The van der Waals surface area contributed by atoms with Crippen molar-refractivity contribution >= 4 is 39.1 Å². The molecule has 2 atom stereocenters. The highest BCUT2D eigenvalue weighted by atomic mass is 79.9. The third kappa shape index (κ3) is 3.79. The van der Waals surface area contributed by atoms with Gasteiger partial charge in [0, 0.05) is 27.0 Å². The summed E-state index contributed by atoms with van der Waals surface area (Å²) in [7, 11) is 0. The van der Waals surface area contributed by atoms with Crippen molar-refractivity contribution < 1.29 is 5.11 Å². The van der Waals surface area contributed by atoms with Crippen molar-refractivity contribution in [2.75, 3.05) is 6.54 Å². The van der Waals surface area contributed by atoms with Gasteiger partial charge in [-0.1, -0.05) is 62.9 Å². The molecule has 0 radical (unpaired) electrons. The number of benzene rings is 2. The molecule has 0 aliphatic carbocycles. The van der Waals surface area contributed by atoms with Crippen LogP contribution >= 0.6 is 39.1 Å². The Morgan fingerprint density at radius 2 is 1.86 bits per heavy atom. The SMILES string of the molecule is Cc1ccc(Br)c(C(O)C(CN)c2ccc(Cl)cc2Cl)c1. The highest BCUT2D eigenvalue weighted by Gasteiger charge is 2.25. The third-order valence-corrected chi connectivity index (χ3v) is 4.75. The first-order valence-corrected chi connectivity index (χ1v) is 8.08. The van der Waals surface area contributed by atoms with Crippen molar-refractivity contribution in [2.24, 2.45) is 5.73 Å². The van der Waals surface area contributed by atoms with Crippen LogP contribution in [0, 0.1) is 6.92 Å². The van der Waals surface area contributed by atoms with Gasteiger partial charge in [-0.15, -0.1) is 0 Å². The summed E-state index contributed by atoms with van der Waals surface area (Å²) >= 11 is 15.6. The van der Waals surface area contributed by atoms with Gasteiger partial charge in [0.15, 0.2) is 0 Å². The zero-order valence-electron chi connectivity index (χ0n) is 11.5. The molecule has 0 bridgehead atoms. The van der Waals surface area contributed by atoms with Crippen LogP contribution in [0.4, 0.5) is 0 Å². The molecule has 21 heavy (non-hydrogen) atoms. The molecule has 5 heteroatoms. The van der Waals surface area contributed by atoms with E-state index in [2.05, 4.69) is 15.9 Å². The van der Waals surface area contributed by atoms with Gasteiger partial charge in [-0.25, -0.2) is 0 Å². The van der Waals surface area contributed by atoms with Crippen LogP contribution in [0.15, 0.2) is 40.9 Å². The lowest BCUT2D eigenvalue weighted by molar-refractivity contribution is 0.146. The number of nitrogens with two attached hydrogens (primary N) is 1. The number of hydrogen-bond acceptors (Lipinski definition) is 2. The second-order valence-electron chi connectivity index (χ2n) is 4.98. The van der Waals surface area contributed by atoms with Crippen molar-refractivity contribution in [2.45, 2.75) is 18.9 Å². The van der Waals surface area contributed by atoms with Crippen LogP contribution in [0.25, 0.3) is 0 Å². The lowest BCUT2D eigenvalue weighted by Crippen LogP contribution is -2.21. The van der Waals surface area contributed by atoms with Gasteiger partial charge in [-0.3, -0.25) is 0 Å². The second kappa shape index (κ2) is 7.12. The van der Waals surface area contributed by atoms with E-state index in [1.807, 2.05) is 31.2 Å². The number of rotatable bonds is 4. The Bertz CT molecular complexity index is 648. The molecule has 0 fully saturated rings. The van der Waals surface area contributed by atoms with E-state index in [1.54, 1.807) is 12.1 Å². The molecule has 0 amide bonds. The Balaban J connectivity index is 2.43. The van der Waals surface area contributed by atoms with Crippen LogP contribution < -0.4 is 5.73 Å². The van der Waals surface area contributed by atoms with Crippen LogP contribution in [-0.4, -0.2) is 11.7 Å². The van der Waals surface area contributed by atoms with Crippen LogP contribution in [0.5, 0.6) is 0 Å². The Hall–Kier alpha value is -0.580. The fourth-order valence-corrected chi connectivity index (χ4v) is 3.36. The van der Waals surface area contributed by atoms with E-state index in [4.69, 9.17) is 28.9 Å². The molecule has 0 spiro atoms. The molecule has 0 aliphatic heterocycles. The van der Waals surface area contributed by atoms with E-state index in [0.717, 1.165) is 21.2 Å². The minimum Gasteiger partial charge on any atom is -0.388 e. The first-order valence-electron chi connectivity index (χ1n) is 6.53. The summed E-state index contributed by atoms with van der Waals surface area (Å²) in [5.74, 6) is -0.298. The van der Waals surface area contributed by atoms with Crippen LogP contribution in [0.3, 0.4) is 0 Å². The summed E-state index contributed by atoms with van der Waals surface area (Å²) in [5, 5.41) is 11.8. The minimum absolute atomic E-state index is 0.281. The molecule has 0 heterocycles. The van der Waals surface area contributed by atoms with Gasteiger partial charge < -0.3 is 10.8 Å². The van der Waals surface area contributed by atoms with Crippen LogP contribution in [0.2, 0.25) is 10.0 Å². The molecule has 0 saturated heterocycles. The zero-order chi connectivity index (χ0) is 15.6. The van der Waals surface area contributed by atoms with Gasteiger partial charge in [0.25, 0.3) is 0 Å². The van der Waals surface area contributed by atoms with E-state index < -0.39 is 6.10 Å². The molecule has 2 aromatic rings. The first kappa shape index (κ1) is 16.8. The Morgan fingerprint density at radius 3 is 2.48 bits per heavy atom. The van der Waals surface area contributed by atoms with Crippen molar-refractivity contribution in [3.8, 4) is 0 Å². The Kier molecular flexibility index (Phi) is 5.69. The third-order valence-electron chi connectivity index (χ3n) is 3.47. The smallest absolute Gasteiger partial charge is 0.0882 e. The summed E-state index contributed by atoms with van der Waals surface area (Å²) in [6.45, 7) is 2.26. The minimum atomic E-state index is -0.747. The average Bonchev–Trinajstić information content (AvgIpc) is 2.44. The highest BCUT2D eigenvalue weighted by Crippen LogP contribution is 2.38. The van der Waals surface area contributed by atoms with Gasteiger partial charge in [0.05, 0.1) is 6.10 Å². The largest absolute Gasteiger partial charge is 0.388 e. The van der Waals surface area contributed by atoms with Gasteiger partial charge in [0.1, 0.15) is 0 Å². The zero-order valence-corrected chi connectivity index (χ0v) is 14.6. The molecular weight excluding hydrogens is 373 g/mol. The molecule has 2 rings (SSSR count). The van der Waals surface area contributed by atoms with E-state index in [-0.39, 0.29) is 12.5 Å². The quantitative estimate of drug-likeness (QED) is 0.786. The fourth-order valence-electron chi connectivity index (χ4n) is 2.33. The first-order chi connectivity index (χ1) is 9.93. The van der Waals surface area contributed by atoms with Gasteiger partial charge in [-0.05, 0) is 36.2 Å². The normalized spacial score (nSPS) is 14.0. The van der Waals surface area contributed by atoms with Crippen molar-refractivity contribution in [3.63, 3.8) is 0 Å². The van der Waals surface area contributed by atoms with Crippen molar-refractivity contribution in [1.29, 1.82) is 0 Å². The van der Waals surface area contributed by atoms with E-state index in [1.165, 1.54) is 0 Å². The molecule has 2 aromatic carbocycles. The summed E-state index contributed by atoms with van der Waals surface area (Å²) in [4.78, 5) is 0. The summed E-state index contributed by atoms with van der Waals surface area (Å²) < 4.78 is 0.851. The maximum Gasteiger partial charge on any atom is 0.0882 e. The maximum atomic E-state index is 10.7. The number of aliphatic hydroxyl groups excluding tert-OH is 1. The van der Waals surface area contributed by atoms with E-state index in [0.29, 0.717) is 10.0 Å². The Morgan fingerprint density at radius 1 is 1.14 bits per heavy atom. The number of aryl methyl sites for hydroxylation is 1. The van der Waals surface area contributed by atoms with Gasteiger partial charge >= 0.3 is 0 Å². The lowest BCUT2D eigenvalue weighted by Gasteiger charge is -2.24. The van der Waals surface area contributed by atoms with Crippen LogP contribution in [0.1, 0.15) is 28.7 Å². The molecule has 0 saturated carbocycles. The lowest BCUT2D eigenvalue weighted by atomic mass is 9.88. The molecule has 0 aliphatic rings. The van der Waals surface area contributed by atoms with Crippen molar-refractivity contribution in [3.05, 3.63) is 67.6 Å². The molecule has 112 valence electrons. The predicted molar refractivity (Wildman–Crippen MR) is 92.1 cm³/mol. The standard InChI is InChI=1S/C16H16BrCl2NO/c1-9-2-5-14(17)12(6-9)16(21)13(8-20)11-4-3-10(18)7-15(11)19/h2-7,13,16,21H,8,20H2,1H3. The summed E-state index contributed by atoms with van der Waals surface area (Å²) in [6, 6.07) is 11.1.